The molecule has 0 N–H and O–H groups in total. The van der Waals surface area contributed by atoms with Crippen LogP contribution in [0.1, 0.15) is 22.8 Å². The van der Waals surface area contributed by atoms with Crippen LogP contribution in [0.4, 0.5) is 8.78 Å². The topological polar surface area (TPSA) is 44.1 Å². The maximum atomic E-state index is 13.7. The summed E-state index contributed by atoms with van der Waals surface area (Å²) in [6.07, 6.45) is 0. The average Bonchev–Trinajstić information content (AvgIpc) is 2.32. The molecule has 0 aliphatic rings. The molecule has 1 rings (SSSR count). The summed E-state index contributed by atoms with van der Waals surface area (Å²) in [6.45, 7) is 2.92. The van der Waals surface area contributed by atoms with Gasteiger partial charge in [0, 0.05) is 7.05 Å². The fourth-order valence-corrected chi connectivity index (χ4v) is 1.29. The van der Waals surface area contributed by atoms with Crippen molar-refractivity contribution < 1.29 is 13.6 Å². The van der Waals surface area contributed by atoms with E-state index >= 15 is 0 Å². The Kier molecular flexibility index (Phi) is 3.79. The third-order valence-electron chi connectivity index (χ3n) is 2.59. The zero-order valence-electron chi connectivity index (χ0n) is 9.79. The molecule has 1 aromatic rings. The first-order valence-electron chi connectivity index (χ1n) is 5.01. The Bertz CT molecular complexity index is 494. The van der Waals surface area contributed by atoms with Crippen molar-refractivity contribution in [3.63, 3.8) is 0 Å². The number of carbonyl (C=O) groups is 1. The molecule has 3 nitrogen and oxygen atoms in total. The van der Waals surface area contributed by atoms with Crippen LogP contribution in [0.2, 0.25) is 0 Å². The van der Waals surface area contributed by atoms with Crippen molar-refractivity contribution >= 4 is 5.91 Å². The maximum absolute atomic E-state index is 13.7. The Morgan fingerprint density at radius 1 is 1.47 bits per heavy atom. The first-order valence-corrected chi connectivity index (χ1v) is 5.01. The molecule has 0 radical (unpaired) electrons. The van der Waals surface area contributed by atoms with Crippen molar-refractivity contribution in [2.45, 2.75) is 19.9 Å². The second-order valence-electron chi connectivity index (χ2n) is 3.77. The molecule has 0 aliphatic heterocycles. The zero-order valence-corrected chi connectivity index (χ0v) is 9.79. The summed E-state index contributed by atoms with van der Waals surface area (Å²) < 4.78 is 27.1. The van der Waals surface area contributed by atoms with Crippen LogP contribution in [0, 0.1) is 29.9 Å². The predicted octanol–water partition coefficient (Wildman–Crippen LogP) is 2.26. The van der Waals surface area contributed by atoms with Gasteiger partial charge in [-0.2, -0.15) is 5.26 Å². The maximum Gasteiger partial charge on any atom is 0.260 e. The highest BCUT2D eigenvalue weighted by molar-refractivity contribution is 5.95. The van der Waals surface area contributed by atoms with Gasteiger partial charge in [0.1, 0.15) is 23.2 Å². The number of hydrogen-bond donors (Lipinski definition) is 0. The Balaban J connectivity index is 3.22. The van der Waals surface area contributed by atoms with E-state index in [4.69, 9.17) is 5.26 Å². The van der Waals surface area contributed by atoms with Gasteiger partial charge < -0.3 is 4.90 Å². The number of aryl methyl sites for hydroxylation is 1. The Labute approximate surface area is 98.3 Å². The lowest BCUT2D eigenvalue weighted by molar-refractivity contribution is 0.0763. The van der Waals surface area contributed by atoms with Crippen molar-refractivity contribution in [3.05, 3.63) is 34.9 Å². The van der Waals surface area contributed by atoms with E-state index in [2.05, 4.69) is 0 Å². The third kappa shape index (κ3) is 2.41. The highest BCUT2D eigenvalue weighted by Gasteiger charge is 2.24. The molecule has 0 heterocycles. The molecule has 1 unspecified atom stereocenters. The predicted molar refractivity (Wildman–Crippen MR) is 58.3 cm³/mol. The van der Waals surface area contributed by atoms with Crippen LogP contribution in [-0.4, -0.2) is 23.9 Å². The van der Waals surface area contributed by atoms with Gasteiger partial charge in [-0.25, -0.2) is 8.78 Å². The van der Waals surface area contributed by atoms with Crippen LogP contribution in [0.25, 0.3) is 0 Å². The molecule has 5 heteroatoms. The molecule has 1 aromatic carbocycles. The normalized spacial score (nSPS) is 11.8. The Hall–Kier alpha value is -1.96. The Morgan fingerprint density at radius 3 is 2.59 bits per heavy atom. The van der Waals surface area contributed by atoms with Gasteiger partial charge in [0.15, 0.2) is 0 Å². The second kappa shape index (κ2) is 4.91. The molecule has 0 spiro atoms. The lowest BCUT2D eigenvalue weighted by Crippen LogP contribution is -2.35. The van der Waals surface area contributed by atoms with E-state index in [0.29, 0.717) is 0 Å². The van der Waals surface area contributed by atoms with Gasteiger partial charge in [0.25, 0.3) is 5.91 Å². The third-order valence-corrected chi connectivity index (χ3v) is 2.59. The van der Waals surface area contributed by atoms with Crippen LogP contribution < -0.4 is 0 Å². The smallest absolute Gasteiger partial charge is 0.260 e. The summed E-state index contributed by atoms with van der Waals surface area (Å²) in [7, 11) is 1.33. The average molecular weight is 238 g/mol. The minimum Gasteiger partial charge on any atom is -0.326 e. The quantitative estimate of drug-likeness (QED) is 0.793. The van der Waals surface area contributed by atoms with Crippen molar-refractivity contribution in [2.24, 2.45) is 0 Å². The lowest BCUT2D eigenvalue weighted by atomic mass is 10.1. The van der Waals surface area contributed by atoms with Crippen LogP contribution in [-0.2, 0) is 0 Å². The van der Waals surface area contributed by atoms with E-state index in [-0.39, 0.29) is 5.56 Å². The van der Waals surface area contributed by atoms with Gasteiger partial charge in [-0.3, -0.25) is 4.79 Å². The van der Waals surface area contributed by atoms with Crippen LogP contribution in [0.3, 0.4) is 0 Å². The summed E-state index contributed by atoms with van der Waals surface area (Å²) in [5.41, 5.74) is -0.428. The second-order valence-corrected chi connectivity index (χ2v) is 3.77. The summed E-state index contributed by atoms with van der Waals surface area (Å²) in [5.74, 6) is -2.64. The van der Waals surface area contributed by atoms with E-state index in [9.17, 15) is 13.6 Å². The minimum atomic E-state index is -0.921. The summed E-state index contributed by atoms with van der Waals surface area (Å²) in [6, 6.07) is 3.38. The largest absolute Gasteiger partial charge is 0.326 e. The highest BCUT2D eigenvalue weighted by Crippen LogP contribution is 2.18. The molecule has 0 aromatic heterocycles. The van der Waals surface area contributed by atoms with Gasteiger partial charge in [-0.05, 0) is 25.5 Å². The van der Waals surface area contributed by atoms with Gasteiger partial charge in [0.2, 0.25) is 0 Å². The molecule has 0 saturated heterocycles. The molecule has 1 atom stereocenters. The van der Waals surface area contributed by atoms with E-state index in [1.165, 1.54) is 27.0 Å². The molecule has 1 amide bonds. The number of nitrogens with zero attached hydrogens (tertiary/aromatic N) is 2. The first-order chi connectivity index (χ1) is 7.90. The fourth-order valence-electron chi connectivity index (χ4n) is 1.29. The van der Waals surface area contributed by atoms with Crippen LogP contribution in [0.15, 0.2) is 12.1 Å². The number of rotatable bonds is 2. The number of carbonyl (C=O) groups excluding carboxylic acids is 1. The summed E-state index contributed by atoms with van der Waals surface area (Å²) in [5, 5.41) is 8.66. The molecular weight excluding hydrogens is 226 g/mol. The molecule has 17 heavy (non-hydrogen) atoms. The van der Waals surface area contributed by atoms with E-state index in [1.54, 1.807) is 0 Å². The number of halogens is 2. The van der Waals surface area contributed by atoms with Crippen LogP contribution >= 0.6 is 0 Å². The lowest BCUT2D eigenvalue weighted by Gasteiger charge is -2.20. The number of hydrogen-bond acceptors (Lipinski definition) is 2. The van der Waals surface area contributed by atoms with E-state index in [1.807, 2.05) is 6.07 Å². The first kappa shape index (κ1) is 13.1. The van der Waals surface area contributed by atoms with Crippen LogP contribution in [0.5, 0.6) is 0 Å². The highest BCUT2D eigenvalue weighted by atomic mass is 19.1. The van der Waals surface area contributed by atoms with Gasteiger partial charge in [-0.15, -0.1) is 0 Å². The summed E-state index contributed by atoms with van der Waals surface area (Å²) in [4.78, 5) is 12.8. The molecule has 0 saturated carbocycles. The molecular formula is C12H12F2N2O. The monoisotopic (exact) mass is 238 g/mol. The zero-order chi connectivity index (χ0) is 13.2. The van der Waals surface area contributed by atoms with Crippen molar-refractivity contribution in [1.29, 1.82) is 5.26 Å². The molecule has 0 aliphatic carbocycles. The Morgan fingerprint density at radius 2 is 2.06 bits per heavy atom. The van der Waals surface area contributed by atoms with Gasteiger partial charge in [0.05, 0.1) is 6.07 Å². The molecule has 0 bridgehead atoms. The number of amides is 1. The molecule has 0 fully saturated rings. The summed E-state index contributed by atoms with van der Waals surface area (Å²) >= 11 is 0. The van der Waals surface area contributed by atoms with E-state index in [0.717, 1.165) is 11.0 Å². The van der Waals surface area contributed by atoms with Crippen molar-refractivity contribution in [2.75, 3.05) is 7.05 Å². The standard InChI is InChI=1S/C12H12F2N2O/c1-7-4-5-9(13)10(11(7)14)12(17)16(3)8(2)6-15/h4-5,8H,1-3H3. The molecule has 90 valence electrons. The minimum absolute atomic E-state index is 0.188. The number of nitriles is 1. The van der Waals surface area contributed by atoms with E-state index < -0.39 is 29.1 Å². The van der Waals surface area contributed by atoms with Crippen molar-refractivity contribution in [1.82, 2.24) is 4.90 Å². The number of benzene rings is 1. The van der Waals surface area contributed by atoms with Crippen molar-refractivity contribution in [3.8, 4) is 6.07 Å². The van der Waals surface area contributed by atoms with Gasteiger partial charge >= 0.3 is 0 Å². The SMILES string of the molecule is Cc1ccc(F)c(C(=O)N(C)C(C)C#N)c1F. The fraction of sp³-hybridized carbons (Fsp3) is 0.333. The van der Waals surface area contributed by atoms with Gasteiger partial charge in [-0.1, -0.05) is 6.07 Å².